The van der Waals surface area contributed by atoms with E-state index in [9.17, 15) is 14.4 Å². The Morgan fingerprint density at radius 1 is 1.21 bits per heavy atom. The minimum absolute atomic E-state index is 0.178. The van der Waals surface area contributed by atoms with Crippen molar-refractivity contribution in [2.75, 3.05) is 33.4 Å². The Morgan fingerprint density at radius 3 is 2.76 bits per heavy atom. The molecule has 2 heterocycles. The third-order valence-electron chi connectivity index (χ3n) is 6.75. The fourth-order valence-corrected chi connectivity index (χ4v) is 4.98. The smallest absolute Gasteiger partial charge is 0.328 e. The van der Waals surface area contributed by atoms with Crippen molar-refractivity contribution in [2.24, 2.45) is 17.8 Å². The summed E-state index contributed by atoms with van der Waals surface area (Å²) in [5.74, 6) is 0.854. The zero-order valence-corrected chi connectivity index (χ0v) is 19.2. The van der Waals surface area contributed by atoms with Crippen LogP contribution in [-0.2, 0) is 20.8 Å². The second-order valence-corrected chi connectivity index (χ2v) is 8.61. The molecule has 4 rings (SSSR count). The Hall–Kier alpha value is -3.13. The highest BCUT2D eigenvalue weighted by Gasteiger charge is 2.39. The molecule has 1 unspecified atom stereocenters. The molecule has 1 aliphatic carbocycles. The molecule has 176 valence electrons. The van der Waals surface area contributed by atoms with Gasteiger partial charge in [-0.25, -0.2) is 4.79 Å². The number of carbonyl (C=O) groups is 1. The SMILES string of the molecule is CCOC(=O)[C@H]1CN(CCn2c(=O)[nH]c3ccccc3c2=O)CC[C@H]1C1C=CC(OC)=CC1. The lowest BCUT2D eigenvalue weighted by Gasteiger charge is -2.40. The Balaban J connectivity index is 1.47. The molecule has 1 N–H and O–H groups in total. The number of H-pyrrole nitrogens is 1. The highest BCUT2D eigenvalue weighted by atomic mass is 16.5. The number of rotatable bonds is 7. The van der Waals surface area contributed by atoms with Crippen LogP contribution in [0, 0.1) is 17.8 Å². The van der Waals surface area contributed by atoms with Crippen LogP contribution >= 0.6 is 0 Å². The second-order valence-electron chi connectivity index (χ2n) is 8.61. The average Bonchev–Trinajstić information content (AvgIpc) is 2.84. The van der Waals surface area contributed by atoms with Crippen LogP contribution in [0.1, 0.15) is 19.8 Å². The molecular formula is C25H31N3O5. The minimum atomic E-state index is -0.413. The molecule has 0 bridgehead atoms. The number of benzene rings is 1. The van der Waals surface area contributed by atoms with Gasteiger partial charge in [-0.15, -0.1) is 0 Å². The lowest BCUT2D eigenvalue weighted by atomic mass is 9.74. The van der Waals surface area contributed by atoms with Gasteiger partial charge in [0.1, 0.15) is 5.76 Å². The molecule has 1 aliphatic heterocycles. The lowest BCUT2D eigenvalue weighted by molar-refractivity contribution is -0.153. The fourth-order valence-electron chi connectivity index (χ4n) is 4.98. The molecule has 3 atom stereocenters. The quantitative estimate of drug-likeness (QED) is 0.647. The van der Waals surface area contributed by atoms with E-state index in [4.69, 9.17) is 9.47 Å². The van der Waals surface area contributed by atoms with Gasteiger partial charge in [0, 0.05) is 19.6 Å². The third kappa shape index (κ3) is 4.95. The predicted octanol–water partition coefficient (Wildman–Crippen LogP) is 2.30. The summed E-state index contributed by atoms with van der Waals surface area (Å²) in [7, 11) is 1.66. The number of esters is 1. The molecule has 8 heteroatoms. The molecule has 8 nitrogen and oxygen atoms in total. The molecule has 0 spiro atoms. The predicted molar refractivity (Wildman–Crippen MR) is 126 cm³/mol. The zero-order chi connectivity index (χ0) is 23.4. The van der Waals surface area contributed by atoms with Crippen LogP contribution in [0.4, 0.5) is 0 Å². The maximum atomic E-state index is 12.8. The summed E-state index contributed by atoms with van der Waals surface area (Å²) < 4.78 is 11.9. The number of methoxy groups -OCH3 is 1. The van der Waals surface area contributed by atoms with Crippen molar-refractivity contribution in [3.63, 3.8) is 0 Å². The number of allylic oxidation sites excluding steroid dienone is 3. The number of nitrogens with one attached hydrogen (secondary N) is 1. The van der Waals surface area contributed by atoms with Gasteiger partial charge in [0.05, 0.1) is 30.5 Å². The van der Waals surface area contributed by atoms with Gasteiger partial charge in [0.15, 0.2) is 0 Å². The maximum Gasteiger partial charge on any atom is 0.328 e. The highest BCUT2D eigenvalue weighted by Crippen LogP contribution is 2.36. The summed E-state index contributed by atoms with van der Waals surface area (Å²) in [6.45, 7) is 4.29. The maximum absolute atomic E-state index is 12.8. The lowest BCUT2D eigenvalue weighted by Crippen LogP contribution is -2.48. The Morgan fingerprint density at radius 2 is 2.03 bits per heavy atom. The molecule has 1 fully saturated rings. The first-order valence-electron chi connectivity index (χ1n) is 11.5. The molecule has 0 radical (unpaired) electrons. The number of carbonyl (C=O) groups excluding carboxylic acids is 1. The van der Waals surface area contributed by atoms with E-state index in [-0.39, 0.29) is 35.8 Å². The van der Waals surface area contributed by atoms with Crippen molar-refractivity contribution >= 4 is 16.9 Å². The van der Waals surface area contributed by atoms with Crippen LogP contribution in [-0.4, -0.2) is 53.8 Å². The van der Waals surface area contributed by atoms with Gasteiger partial charge in [-0.2, -0.15) is 0 Å². The standard InChI is InChI=1S/C25H31N3O5/c1-3-33-24(30)21-16-27(13-12-19(21)17-8-10-18(32-2)11-9-17)14-15-28-23(29)20-6-4-5-7-22(20)26-25(28)31/h4-8,10-11,17,19,21H,3,9,12-16H2,1-2H3,(H,26,31)/t17?,19-,21-/m0/s1. The molecule has 1 aromatic heterocycles. The van der Waals surface area contributed by atoms with Crippen LogP contribution in [0.2, 0.25) is 0 Å². The first kappa shape index (κ1) is 23.0. The second kappa shape index (κ2) is 10.2. The summed E-state index contributed by atoms with van der Waals surface area (Å²) in [6, 6.07) is 7.01. The van der Waals surface area contributed by atoms with Crippen LogP contribution in [0.15, 0.2) is 57.8 Å². The molecule has 1 aromatic carbocycles. The van der Waals surface area contributed by atoms with Crippen LogP contribution < -0.4 is 11.2 Å². The van der Waals surface area contributed by atoms with Gasteiger partial charge < -0.3 is 19.4 Å². The number of aromatic nitrogens is 2. The number of ether oxygens (including phenoxy) is 2. The number of nitrogens with zero attached hydrogens (tertiary/aromatic N) is 2. The van der Waals surface area contributed by atoms with E-state index in [2.05, 4.69) is 22.0 Å². The summed E-state index contributed by atoms with van der Waals surface area (Å²) in [6.07, 6.45) is 7.86. The Kier molecular flexibility index (Phi) is 7.13. The summed E-state index contributed by atoms with van der Waals surface area (Å²) >= 11 is 0. The van der Waals surface area contributed by atoms with Crippen LogP contribution in [0.5, 0.6) is 0 Å². The summed E-state index contributed by atoms with van der Waals surface area (Å²) in [4.78, 5) is 43.1. The molecule has 0 amide bonds. The van der Waals surface area contributed by atoms with Crippen molar-refractivity contribution in [3.8, 4) is 0 Å². The molecule has 33 heavy (non-hydrogen) atoms. The summed E-state index contributed by atoms with van der Waals surface area (Å²) in [5.41, 5.74) is -0.166. The fraction of sp³-hybridized carbons (Fsp3) is 0.480. The number of aromatic amines is 1. The van der Waals surface area contributed by atoms with Gasteiger partial charge in [-0.05, 0) is 62.4 Å². The number of piperidine rings is 1. The van der Waals surface area contributed by atoms with Gasteiger partial charge in [-0.1, -0.05) is 18.2 Å². The largest absolute Gasteiger partial charge is 0.497 e. The van der Waals surface area contributed by atoms with E-state index in [1.165, 1.54) is 4.57 Å². The average molecular weight is 454 g/mol. The van der Waals surface area contributed by atoms with E-state index >= 15 is 0 Å². The van der Waals surface area contributed by atoms with Gasteiger partial charge in [0.2, 0.25) is 0 Å². The number of fused-ring (bicyclic) bond motifs is 1. The first-order valence-corrected chi connectivity index (χ1v) is 11.5. The van der Waals surface area contributed by atoms with Crippen molar-refractivity contribution in [3.05, 3.63) is 69.1 Å². The topological polar surface area (TPSA) is 93.6 Å². The third-order valence-corrected chi connectivity index (χ3v) is 6.75. The van der Waals surface area contributed by atoms with Crippen molar-refractivity contribution in [1.29, 1.82) is 0 Å². The molecule has 1 saturated heterocycles. The Labute approximate surface area is 192 Å². The molecule has 0 saturated carbocycles. The van der Waals surface area contributed by atoms with Gasteiger partial charge in [-0.3, -0.25) is 14.2 Å². The van der Waals surface area contributed by atoms with E-state index in [1.807, 2.05) is 13.0 Å². The van der Waals surface area contributed by atoms with Crippen molar-refractivity contribution in [1.82, 2.24) is 14.5 Å². The van der Waals surface area contributed by atoms with Crippen molar-refractivity contribution in [2.45, 2.75) is 26.3 Å². The van der Waals surface area contributed by atoms with E-state index in [0.29, 0.717) is 30.6 Å². The number of para-hydroxylation sites is 1. The van der Waals surface area contributed by atoms with Crippen molar-refractivity contribution < 1.29 is 14.3 Å². The van der Waals surface area contributed by atoms with Crippen LogP contribution in [0.25, 0.3) is 10.9 Å². The van der Waals surface area contributed by atoms with Gasteiger partial charge in [0.25, 0.3) is 5.56 Å². The van der Waals surface area contributed by atoms with E-state index < -0.39 is 5.69 Å². The number of likely N-dealkylation sites (tertiary alicyclic amines) is 1. The minimum Gasteiger partial charge on any atom is -0.497 e. The van der Waals surface area contributed by atoms with Gasteiger partial charge >= 0.3 is 11.7 Å². The molecular weight excluding hydrogens is 422 g/mol. The normalized spacial score (nSPS) is 23.3. The first-order chi connectivity index (χ1) is 16.0. The molecule has 2 aliphatic rings. The summed E-state index contributed by atoms with van der Waals surface area (Å²) in [5, 5.41) is 0.493. The van der Waals surface area contributed by atoms with E-state index in [1.54, 1.807) is 31.4 Å². The molecule has 2 aromatic rings. The van der Waals surface area contributed by atoms with E-state index in [0.717, 1.165) is 25.1 Å². The number of hydrogen-bond acceptors (Lipinski definition) is 6. The number of hydrogen-bond donors (Lipinski definition) is 1. The highest BCUT2D eigenvalue weighted by molar-refractivity contribution is 5.76. The van der Waals surface area contributed by atoms with Crippen LogP contribution in [0.3, 0.4) is 0 Å². The Bertz CT molecular complexity index is 1180. The zero-order valence-electron chi connectivity index (χ0n) is 19.2. The monoisotopic (exact) mass is 453 g/mol.